The lowest BCUT2D eigenvalue weighted by Crippen LogP contribution is -2.33. The van der Waals surface area contributed by atoms with Gasteiger partial charge in [-0.3, -0.25) is 4.90 Å². The second-order valence-electron chi connectivity index (χ2n) is 4.43. The molecule has 0 bridgehead atoms. The van der Waals surface area contributed by atoms with Gasteiger partial charge in [0.15, 0.2) is 5.82 Å². The van der Waals surface area contributed by atoms with Gasteiger partial charge in [-0.25, -0.2) is 0 Å². The zero-order chi connectivity index (χ0) is 13.2. The Hall–Kier alpha value is -1.78. The number of H-pyrrole nitrogens is 1. The van der Waals surface area contributed by atoms with Crippen LogP contribution in [0.4, 0.5) is 0 Å². The molecule has 2 aromatic rings. The molecule has 19 heavy (non-hydrogen) atoms. The summed E-state index contributed by atoms with van der Waals surface area (Å²) in [6, 6.07) is 5.70. The summed E-state index contributed by atoms with van der Waals surface area (Å²) in [5, 5.41) is 12.8. The summed E-state index contributed by atoms with van der Waals surface area (Å²) >= 11 is 1.90. The molecule has 0 aromatic carbocycles. The van der Waals surface area contributed by atoms with Crippen LogP contribution >= 0.6 is 11.8 Å². The maximum absolute atomic E-state index is 8.78. The van der Waals surface area contributed by atoms with Crippen LogP contribution < -0.4 is 0 Å². The van der Waals surface area contributed by atoms with Crippen molar-refractivity contribution < 1.29 is 4.52 Å². The van der Waals surface area contributed by atoms with E-state index in [1.807, 2.05) is 17.8 Å². The summed E-state index contributed by atoms with van der Waals surface area (Å²) in [5.74, 6) is 3.25. The fraction of sp³-hybridized carbons (Fsp3) is 0.417. The van der Waals surface area contributed by atoms with Crippen molar-refractivity contribution in [2.45, 2.75) is 6.04 Å². The van der Waals surface area contributed by atoms with E-state index in [4.69, 9.17) is 9.78 Å². The number of hydrogen-bond donors (Lipinski definition) is 1. The molecule has 6 nitrogen and oxygen atoms in total. The second kappa shape index (κ2) is 5.07. The molecule has 1 unspecified atom stereocenters. The molecule has 0 saturated carbocycles. The molecule has 1 saturated heterocycles. The Morgan fingerprint density at radius 3 is 3.21 bits per heavy atom. The van der Waals surface area contributed by atoms with Crippen LogP contribution in [0.15, 0.2) is 16.7 Å². The first-order chi connectivity index (χ1) is 9.28. The fourth-order valence-electron chi connectivity index (χ4n) is 2.02. The van der Waals surface area contributed by atoms with Crippen LogP contribution in [0.2, 0.25) is 0 Å². The first-order valence-corrected chi connectivity index (χ1v) is 7.14. The molecule has 1 atom stereocenters. The van der Waals surface area contributed by atoms with Crippen molar-refractivity contribution in [2.24, 2.45) is 0 Å². The third-order valence-corrected chi connectivity index (χ3v) is 4.20. The summed E-state index contributed by atoms with van der Waals surface area (Å²) in [4.78, 5) is 9.60. The number of aromatic nitrogens is 3. The lowest BCUT2D eigenvalue weighted by Gasteiger charge is -2.29. The summed E-state index contributed by atoms with van der Waals surface area (Å²) in [6.07, 6.45) is 0. The Labute approximate surface area is 114 Å². The van der Waals surface area contributed by atoms with Gasteiger partial charge < -0.3 is 9.51 Å². The lowest BCUT2D eigenvalue weighted by molar-refractivity contribution is 0.257. The van der Waals surface area contributed by atoms with Crippen molar-refractivity contribution >= 4 is 11.8 Å². The van der Waals surface area contributed by atoms with E-state index < -0.39 is 0 Å². The summed E-state index contributed by atoms with van der Waals surface area (Å²) in [7, 11) is 2.07. The minimum Gasteiger partial charge on any atom is -0.342 e. The van der Waals surface area contributed by atoms with Crippen LogP contribution in [0.1, 0.15) is 17.6 Å². The first kappa shape index (κ1) is 12.3. The Morgan fingerprint density at radius 1 is 1.58 bits per heavy atom. The van der Waals surface area contributed by atoms with E-state index in [9.17, 15) is 0 Å². The van der Waals surface area contributed by atoms with Crippen molar-refractivity contribution in [3.63, 3.8) is 0 Å². The Bertz CT molecular complexity index is 614. The van der Waals surface area contributed by atoms with E-state index in [1.165, 1.54) is 0 Å². The highest BCUT2D eigenvalue weighted by Gasteiger charge is 2.26. The quantitative estimate of drug-likeness (QED) is 0.897. The minimum atomic E-state index is 0.196. The van der Waals surface area contributed by atoms with Crippen molar-refractivity contribution in [3.8, 4) is 17.7 Å². The van der Waals surface area contributed by atoms with E-state index in [-0.39, 0.29) is 6.04 Å². The average Bonchev–Trinajstić information content (AvgIpc) is 3.08. The largest absolute Gasteiger partial charge is 0.342 e. The van der Waals surface area contributed by atoms with Crippen LogP contribution in [-0.2, 0) is 0 Å². The molecule has 7 heteroatoms. The SMILES string of the molecule is CN1CCSCC1c1noc(-c2ccc(C#N)[nH]2)n1. The Kier molecular flexibility index (Phi) is 3.27. The molecule has 1 fully saturated rings. The average molecular weight is 275 g/mol. The third kappa shape index (κ3) is 2.37. The molecular weight excluding hydrogens is 262 g/mol. The predicted molar refractivity (Wildman–Crippen MR) is 71.5 cm³/mol. The van der Waals surface area contributed by atoms with Gasteiger partial charge in [-0.1, -0.05) is 5.16 Å². The number of nitrogens with zero attached hydrogens (tertiary/aromatic N) is 4. The first-order valence-electron chi connectivity index (χ1n) is 5.99. The number of hydrogen-bond acceptors (Lipinski definition) is 6. The maximum Gasteiger partial charge on any atom is 0.274 e. The van der Waals surface area contributed by atoms with Crippen molar-refractivity contribution in [2.75, 3.05) is 25.1 Å². The van der Waals surface area contributed by atoms with Crippen LogP contribution in [-0.4, -0.2) is 45.1 Å². The highest BCUT2D eigenvalue weighted by atomic mass is 32.2. The predicted octanol–water partition coefficient (Wildman–Crippen LogP) is 1.66. The Balaban J connectivity index is 1.84. The van der Waals surface area contributed by atoms with Crippen molar-refractivity contribution in [3.05, 3.63) is 23.7 Å². The minimum absolute atomic E-state index is 0.196. The summed E-state index contributed by atoms with van der Waals surface area (Å²) in [5.41, 5.74) is 1.17. The van der Waals surface area contributed by atoms with Gasteiger partial charge in [0.25, 0.3) is 5.89 Å². The van der Waals surface area contributed by atoms with Gasteiger partial charge in [-0.2, -0.15) is 22.0 Å². The summed E-state index contributed by atoms with van der Waals surface area (Å²) < 4.78 is 5.27. The second-order valence-corrected chi connectivity index (χ2v) is 5.58. The summed E-state index contributed by atoms with van der Waals surface area (Å²) in [6.45, 7) is 1.03. The standard InChI is InChI=1S/C12H13N5OS/c1-17-4-5-19-7-10(17)11-15-12(18-16-11)9-3-2-8(6-13)14-9/h2-3,10,14H,4-5,7H2,1H3. The van der Waals surface area contributed by atoms with Crippen molar-refractivity contribution in [1.29, 1.82) is 5.26 Å². The maximum atomic E-state index is 8.78. The van der Waals surface area contributed by atoms with Crippen LogP contribution in [0.3, 0.4) is 0 Å². The molecule has 3 rings (SSSR count). The van der Waals surface area contributed by atoms with Gasteiger partial charge in [0, 0.05) is 18.1 Å². The van der Waals surface area contributed by atoms with Gasteiger partial charge in [0.1, 0.15) is 17.5 Å². The topological polar surface area (TPSA) is 81.7 Å². The van der Waals surface area contributed by atoms with Crippen LogP contribution in [0.5, 0.6) is 0 Å². The number of rotatable bonds is 2. The van der Waals surface area contributed by atoms with Crippen LogP contribution in [0.25, 0.3) is 11.6 Å². The van der Waals surface area contributed by atoms with Gasteiger partial charge in [0.2, 0.25) is 0 Å². The molecule has 1 aliphatic rings. The third-order valence-electron chi connectivity index (χ3n) is 3.17. The zero-order valence-corrected chi connectivity index (χ0v) is 11.3. The molecule has 0 spiro atoms. The molecule has 98 valence electrons. The van der Waals surface area contributed by atoms with Crippen molar-refractivity contribution in [1.82, 2.24) is 20.0 Å². The number of thioether (sulfide) groups is 1. The molecule has 0 aliphatic carbocycles. The van der Waals surface area contributed by atoms with E-state index in [2.05, 4.69) is 27.1 Å². The molecule has 0 amide bonds. The molecular formula is C12H13N5OS. The highest BCUT2D eigenvalue weighted by Crippen LogP contribution is 2.27. The highest BCUT2D eigenvalue weighted by molar-refractivity contribution is 7.99. The molecule has 0 radical (unpaired) electrons. The number of aromatic amines is 1. The fourth-order valence-corrected chi connectivity index (χ4v) is 3.23. The molecule has 1 N–H and O–H groups in total. The van der Waals surface area contributed by atoms with E-state index in [0.717, 1.165) is 18.1 Å². The monoisotopic (exact) mass is 275 g/mol. The smallest absolute Gasteiger partial charge is 0.274 e. The van der Waals surface area contributed by atoms with E-state index in [0.29, 0.717) is 23.1 Å². The Morgan fingerprint density at radius 2 is 2.47 bits per heavy atom. The lowest BCUT2D eigenvalue weighted by atomic mass is 10.3. The normalized spacial score (nSPS) is 20.3. The zero-order valence-electron chi connectivity index (χ0n) is 10.5. The molecule has 2 aromatic heterocycles. The van der Waals surface area contributed by atoms with Gasteiger partial charge in [-0.05, 0) is 19.2 Å². The van der Waals surface area contributed by atoms with E-state index >= 15 is 0 Å². The van der Waals surface area contributed by atoms with Gasteiger partial charge in [0.05, 0.1) is 6.04 Å². The number of nitrogens with one attached hydrogen (secondary N) is 1. The van der Waals surface area contributed by atoms with Crippen LogP contribution in [0, 0.1) is 11.3 Å². The molecule has 1 aliphatic heterocycles. The van der Waals surface area contributed by atoms with Gasteiger partial charge in [-0.15, -0.1) is 0 Å². The molecule has 3 heterocycles. The van der Waals surface area contributed by atoms with E-state index in [1.54, 1.807) is 12.1 Å². The van der Waals surface area contributed by atoms with Gasteiger partial charge >= 0.3 is 0 Å². The number of nitriles is 1.